The van der Waals surface area contributed by atoms with Crippen LogP contribution in [-0.2, 0) is 6.42 Å². The summed E-state index contributed by atoms with van der Waals surface area (Å²) >= 11 is 8.18. The molecule has 0 aliphatic heterocycles. The molecule has 0 atom stereocenters. The monoisotopic (exact) mass is 498 g/mol. The number of aryl methyl sites for hydroxylation is 1. The van der Waals surface area contributed by atoms with Gasteiger partial charge in [-0.15, -0.1) is 11.8 Å². The number of pyridine rings is 2. The van der Waals surface area contributed by atoms with Crippen molar-refractivity contribution in [2.24, 2.45) is 0 Å². The number of fused-ring (bicyclic) bond motifs is 2. The number of hydrogen-bond acceptors (Lipinski definition) is 4. The maximum Gasteiger partial charge on any atom is 0.323 e. The molecular formula is C28H23ClN4OS. The molecule has 2 aromatic heterocycles. The quantitative estimate of drug-likeness (QED) is 0.241. The maximum absolute atomic E-state index is 13.3. The summed E-state index contributed by atoms with van der Waals surface area (Å²) in [6, 6.07) is 21.2. The van der Waals surface area contributed by atoms with Crippen LogP contribution >= 0.6 is 23.4 Å². The van der Waals surface area contributed by atoms with Gasteiger partial charge in [-0.25, -0.2) is 4.79 Å². The number of benzene rings is 3. The van der Waals surface area contributed by atoms with E-state index in [1.54, 1.807) is 24.2 Å². The number of urea groups is 1. The molecule has 0 unspecified atom stereocenters. The maximum atomic E-state index is 13.3. The molecule has 0 bridgehead atoms. The minimum atomic E-state index is -0.363. The van der Waals surface area contributed by atoms with Crippen LogP contribution in [0, 0.1) is 0 Å². The number of carbonyl (C=O) groups is 1. The number of hydrogen-bond donors (Lipinski definition) is 2. The van der Waals surface area contributed by atoms with Crippen molar-refractivity contribution in [2.45, 2.75) is 18.2 Å². The molecule has 0 aliphatic rings. The third-order valence-electron chi connectivity index (χ3n) is 5.94. The first-order valence-corrected chi connectivity index (χ1v) is 12.9. The van der Waals surface area contributed by atoms with E-state index in [0.29, 0.717) is 10.7 Å². The smallest absolute Gasteiger partial charge is 0.306 e. The second kappa shape index (κ2) is 9.94. The summed E-state index contributed by atoms with van der Waals surface area (Å²) in [7, 11) is 0. The van der Waals surface area contributed by atoms with Crippen molar-refractivity contribution < 1.29 is 4.79 Å². The summed E-state index contributed by atoms with van der Waals surface area (Å²) in [6.45, 7) is 2.11. The van der Waals surface area contributed by atoms with Crippen molar-refractivity contribution in [3.8, 4) is 11.1 Å². The second-order valence-corrected chi connectivity index (χ2v) is 9.28. The fraction of sp³-hybridized carbons (Fsp3) is 0.107. The first kappa shape index (κ1) is 23.1. The topological polar surface area (TPSA) is 66.9 Å². The van der Waals surface area contributed by atoms with Gasteiger partial charge in [0, 0.05) is 38.0 Å². The number of carbonyl (C=O) groups excluding carboxylic acids is 1. The van der Waals surface area contributed by atoms with Crippen molar-refractivity contribution in [3.63, 3.8) is 0 Å². The Labute approximate surface area is 212 Å². The summed E-state index contributed by atoms with van der Waals surface area (Å²) in [6.07, 6.45) is 6.30. The van der Waals surface area contributed by atoms with Crippen molar-refractivity contribution in [1.29, 1.82) is 0 Å². The number of halogens is 1. The molecule has 7 heteroatoms. The van der Waals surface area contributed by atoms with Crippen molar-refractivity contribution in [3.05, 3.63) is 89.7 Å². The van der Waals surface area contributed by atoms with Crippen molar-refractivity contribution in [1.82, 2.24) is 9.97 Å². The predicted molar refractivity (Wildman–Crippen MR) is 148 cm³/mol. The van der Waals surface area contributed by atoms with E-state index in [4.69, 9.17) is 11.6 Å². The van der Waals surface area contributed by atoms with Gasteiger partial charge in [0.05, 0.1) is 28.6 Å². The third kappa shape index (κ3) is 4.55. The average Bonchev–Trinajstić information content (AvgIpc) is 2.89. The average molecular weight is 499 g/mol. The summed E-state index contributed by atoms with van der Waals surface area (Å²) in [5.41, 5.74) is 5.83. The zero-order chi connectivity index (χ0) is 24.4. The van der Waals surface area contributed by atoms with Crippen LogP contribution in [0.15, 0.2) is 84.0 Å². The van der Waals surface area contributed by atoms with Gasteiger partial charge in [-0.1, -0.05) is 42.8 Å². The van der Waals surface area contributed by atoms with Crippen molar-refractivity contribution >= 4 is 62.6 Å². The Balaban J connectivity index is 1.60. The number of nitrogens with one attached hydrogen (secondary N) is 2. The summed E-state index contributed by atoms with van der Waals surface area (Å²) in [5, 5.41) is 8.50. The van der Waals surface area contributed by atoms with E-state index in [9.17, 15) is 4.79 Å². The highest BCUT2D eigenvalue weighted by Crippen LogP contribution is 2.39. The summed E-state index contributed by atoms with van der Waals surface area (Å²) < 4.78 is 0. The van der Waals surface area contributed by atoms with Gasteiger partial charge >= 0.3 is 6.03 Å². The zero-order valence-electron chi connectivity index (χ0n) is 19.3. The molecule has 35 heavy (non-hydrogen) atoms. The van der Waals surface area contributed by atoms with E-state index in [-0.39, 0.29) is 6.03 Å². The molecule has 2 N–H and O–H groups in total. The molecule has 3 aromatic carbocycles. The molecule has 5 rings (SSSR count). The number of rotatable bonds is 5. The first-order valence-electron chi connectivity index (χ1n) is 11.2. The highest BCUT2D eigenvalue weighted by molar-refractivity contribution is 7.98. The fourth-order valence-corrected chi connectivity index (χ4v) is 5.01. The molecule has 0 spiro atoms. The van der Waals surface area contributed by atoms with Gasteiger partial charge in [-0.05, 0) is 60.7 Å². The number of thioether (sulfide) groups is 1. The fourth-order valence-electron chi connectivity index (χ4n) is 4.21. The lowest BCUT2D eigenvalue weighted by molar-refractivity contribution is 0.262. The second-order valence-electron chi connectivity index (χ2n) is 8.02. The Bertz CT molecular complexity index is 1570. The normalized spacial score (nSPS) is 11.1. The van der Waals surface area contributed by atoms with Crippen LogP contribution in [-0.4, -0.2) is 22.3 Å². The highest BCUT2D eigenvalue weighted by Gasteiger charge is 2.17. The third-order valence-corrected chi connectivity index (χ3v) is 7.05. The lowest BCUT2D eigenvalue weighted by atomic mass is 9.97. The van der Waals surface area contributed by atoms with E-state index < -0.39 is 0 Å². The standard InChI is InChI=1S/C28H23ClN4OS/c1-3-17-10-11-23-20(15-17)26(18-7-4-5-9-21(18)29)24(16-31-23)32-28(34)33-27-19-8-6-14-30-22(19)12-13-25(27)35-2/h4-16H,3H2,1-2H3,(H2,32,33,34). The predicted octanol–water partition coefficient (Wildman–Crippen LogP) is 8.03. The van der Waals surface area contributed by atoms with Gasteiger partial charge in [0.2, 0.25) is 0 Å². The molecule has 2 heterocycles. The van der Waals surface area contributed by atoms with Gasteiger partial charge in [-0.2, -0.15) is 0 Å². The molecule has 0 radical (unpaired) electrons. The van der Waals surface area contributed by atoms with Crippen LogP contribution in [0.25, 0.3) is 32.9 Å². The summed E-state index contributed by atoms with van der Waals surface area (Å²) in [4.78, 5) is 23.3. The molecule has 0 saturated heterocycles. The Morgan fingerprint density at radius 1 is 0.943 bits per heavy atom. The van der Waals surface area contributed by atoms with Gasteiger partial charge in [0.25, 0.3) is 0 Å². The molecule has 0 fully saturated rings. The van der Waals surface area contributed by atoms with Gasteiger partial charge in [0.1, 0.15) is 0 Å². The zero-order valence-corrected chi connectivity index (χ0v) is 20.9. The molecule has 174 valence electrons. The number of anilines is 2. The molecule has 0 saturated carbocycles. The Morgan fingerprint density at radius 3 is 2.54 bits per heavy atom. The SMILES string of the molecule is CCc1ccc2ncc(NC(=O)Nc3c(SC)ccc4ncccc34)c(-c3ccccc3Cl)c2c1. The number of amides is 2. The van der Waals surface area contributed by atoms with E-state index >= 15 is 0 Å². The van der Waals surface area contributed by atoms with Gasteiger partial charge in [0.15, 0.2) is 0 Å². The molecule has 2 amide bonds. The lowest BCUT2D eigenvalue weighted by Crippen LogP contribution is -2.20. The number of aromatic nitrogens is 2. The molecule has 5 nitrogen and oxygen atoms in total. The van der Waals surface area contributed by atoms with Crippen LogP contribution in [0.3, 0.4) is 0 Å². The Kier molecular flexibility index (Phi) is 6.57. The molecular weight excluding hydrogens is 476 g/mol. The van der Waals surface area contributed by atoms with Gasteiger partial charge in [-0.3, -0.25) is 9.97 Å². The van der Waals surface area contributed by atoms with Crippen LogP contribution in [0.1, 0.15) is 12.5 Å². The largest absolute Gasteiger partial charge is 0.323 e. The molecule has 0 aliphatic carbocycles. The minimum absolute atomic E-state index is 0.363. The Hall–Kier alpha value is -3.61. The van der Waals surface area contributed by atoms with E-state index in [1.165, 1.54) is 5.56 Å². The molecule has 5 aromatic rings. The first-order chi connectivity index (χ1) is 17.1. The summed E-state index contributed by atoms with van der Waals surface area (Å²) in [5.74, 6) is 0. The van der Waals surface area contributed by atoms with Crippen LogP contribution in [0.2, 0.25) is 5.02 Å². The Morgan fingerprint density at radius 2 is 1.74 bits per heavy atom. The van der Waals surface area contributed by atoms with Crippen LogP contribution in [0.5, 0.6) is 0 Å². The van der Waals surface area contributed by atoms with E-state index in [0.717, 1.165) is 49.9 Å². The van der Waals surface area contributed by atoms with E-state index in [2.05, 4.69) is 39.7 Å². The van der Waals surface area contributed by atoms with Crippen LogP contribution < -0.4 is 10.6 Å². The van der Waals surface area contributed by atoms with E-state index in [1.807, 2.05) is 60.9 Å². The van der Waals surface area contributed by atoms with Crippen molar-refractivity contribution in [2.75, 3.05) is 16.9 Å². The lowest BCUT2D eigenvalue weighted by Gasteiger charge is -2.17. The van der Waals surface area contributed by atoms with Gasteiger partial charge < -0.3 is 10.6 Å². The number of nitrogens with zero attached hydrogens (tertiary/aromatic N) is 2. The minimum Gasteiger partial charge on any atom is -0.306 e. The van der Waals surface area contributed by atoms with Crippen LogP contribution in [0.4, 0.5) is 16.2 Å². The highest BCUT2D eigenvalue weighted by atomic mass is 35.5.